The molecule has 1 aromatic carbocycles. The summed E-state index contributed by atoms with van der Waals surface area (Å²) in [6.45, 7) is 4.97. The zero-order chi connectivity index (χ0) is 19.0. The molecule has 7 heteroatoms. The van der Waals surface area contributed by atoms with Crippen molar-refractivity contribution in [1.29, 1.82) is 0 Å². The first kappa shape index (κ1) is 17.7. The topological polar surface area (TPSA) is 85.9 Å². The molecule has 1 atom stereocenters. The molecule has 142 valence electrons. The van der Waals surface area contributed by atoms with Gasteiger partial charge in [-0.1, -0.05) is 19.3 Å². The summed E-state index contributed by atoms with van der Waals surface area (Å²) in [5.41, 5.74) is 2.56. The number of nitrogens with one attached hydrogen (secondary N) is 1. The van der Waals surface area contributed by atoms with Crippen molar-refractivity contribution in [3.05, 3.63) is 34.5 Å². The van der Waals surface area contributed by atoms with Crippen molar-refractivity contribution >= 4 is 33.3 Å². The maximum absolute atomic E-state index is 11.2. The number of anilines is 1. The van der Waals surface area contributed by atoms with Crippen LogP contribution >= 0.6 is 0 Å². The predicted molar refractivity (Wildman–Crippen MR) is 107 cm³/mol. The Balaban J connectivity index is 1.88. The van der Waals surface area contributed by atoms with Crippen molar-refractivity contribution in [3.8, 4) is 0 Å². The average Bonchev–Trinajstić information content (AvgIpc) is 3.11. The quantitative estimate of drug-likeness (QED) is 0.503. The van der Waals surface area contributed by atoms with Gasteiger partial charge in [0.15, 0.2) is 5.65 Å². The Hall–Kier alpha value is -2.70. The molecule has 0 spiro atoms. The lowest BCUT2D eigenvalue weighted by Crippen LogP contribution is -2.20. The van der Waals surface area contributed by atoms with Crippen LogP contribution in [0.5, 0.6) is 0 Å². The fourth-order valence-corrected chi connectivity index (χ4v) is 4.32. The second-order valence-electron chi connectivity index (χ2n) is 7.44. The minimum atomic E-state index is -0.367. The first-order valence-corrected chi connectivity index (χ1v) is 9.79. The monoisotopic (exact) mass is 367 g/mol. The third-order valence-electron chi connectivity index (χ3n) is 5.80. The molecular weight excluding hydrogens is 342 g/mol. The molecule has 2 heterocycles. The van der Waals surface area contributed by atoms with Gasteiger partial charge < -0.3 is 5.32 Å². The highest BCUT2D eigenvalue weighted by atomic mass is 16.6. The summed E-state index contributed by atoms with van der Waals surface area (Å²) in [4.78, 5) is 15.7. The molecule has 3 aromatic rings. The Labute approximate surface area is 157 Å². The molecular formula is C20H25N5O2. The SMILES string of the molecule is CCNc1c2cc([N+](=O)[O-])ccc2nc2c1cnn2[C@@H](C)C1CCCCC1. The molecule has 1 N–H and O–H groups in total. The molecule has 0 unspecified atom stereocenters. The molecule has 1 fully saturated rings. The zero-order valence-corrected chi connectivity index (χ0v) is 15.8. The van der Waals surface area contributed by atoms with Crippen LogP contribution in [0.2, 0.25) is 0 Å². The number of hydrogen-bond donors (Lipinski definition) is 1. The van der Waals surface area contributed by atoms with Gasteiger partial charge in [-0.15, -0.1) is 0 Å². The summed E-state index contributed by atoms with van der Waals surface area (Å²) in [6.07, 6.45) is 8.23. The molecule has 27 heavy (non-hydrogen) atoms. The maximum atomic E-state index is 11.2. The van der Waals surface area contributed by atoms with Crippen LogP contribution in [0.4, 0.5) is 11.4 Å². The summed E-state index contributed by atoms with van der Waals surface area (Å²) in [6, 6.07) is 5.14. The minimum Gasteiger partial charge on any atom is -0.384 e. The smallest absolute Gasteiger partial charge is 0.270 e. The first-order valence-electron chi connectivity index (χ1n) is 9.79. The standard InChI is InChI=1S/C20H25N5O2/c1-3-21-19-16-11-15(25(26)27)9-10-18(16)23-20-17(19)12-22-24(20)13(2)14-7-5-4-6-8-14/h9-14H,3-8H2,1-2H3,(H,21,23)/t13-/m0/s1. The van der Waals surface area contributed by atoms with E-state index in [4.69, 9.17) is 4.98 Å². The van der Waals surface area contributed by atoms with Gasteiger partial charge in [0.25, 0.3) is 5.69 Å². The normalized spacial score (nSPS) is 16.7. The van der Waals surface area contributed by atoms with Crippen LogP contribution in [-0.4, -0.2) is 26.2 Å². The van der Waals surface area contributed by atoms with Crippen LogP contribution < -0.4 is 5.32 Å². The van der Waals surface area contributed by atoms with E-state index >= 15 is 0 Å². The van der Waals surface area contributed by atoms with Crippen LogP contribution in [0.15, 0.2) is 24.4 Å². The van der Waals surface area contributed by atoms with Gasteiger partial charge in [0, 0.05) is 24.1 Å². The predicted octanol–water partition coefficient (Wildman–Crippen LogP) is 5.07. The van der Waals surface area contributed by atoms with Gasteiger partial charge in [-0.3, -0.25) is 10.1 Å². The van der Waals surface area contributed by atoms with Gasteiger partial charge in [0.2, 0.25) is 0 Å². The number of aromatic nitrogens is 3. The van der Waals surface area contributed by atoms with Gasteiger partial charge >= 0.3 is 0 Å². The number of pyridine rings is 1. The van der Waals surface area contributed by atoms with Crippen molar-refractivity contribution in [2.45, 2.75) is 52.0 Å². The molecule has 1 aliphatic rings. The summed E-state index contributed by atoms with van der Waals surface area (Å²) in [5, 5.41) is 20.9. The van der Waals surface area contributed by atoms with E-state index in [2.05, 4.69) is 17.3 Å². The van der Waals surface area contributed by atoms with Crippen LogP contribution in [0.1, 0.15) is 52.0 Å². The lowest BCUT2D eigenvalue weighted by atomic mass is 9.84. The second kappa shape index (κ2) is 7.13. The number of nitro benzene ring substituents is 1. The number of nitro groups is 1. The van der Waals surface area contributed by atoms with Crippen LogP contribution in [0.3, 0.4) is 0 Å². The fourth-order valence-electron chi connectivity index (χ4n) is 4.32. The van der Waals surface area contributed by atoms with Gasteiger partial charge in [-0.2, -0.15) is 5.10 Å². The Morgan fingerprint density at radius 1 is 1.30 bits per heavy atom. The first-order chi connectivity index (χ1) is 13.1. The van der Waals surface area contributed by atoms with Gasteiger partial charge in [0.05, 0.1) is 33.8 Å². The highest BCUT2D eigenvalue weighted by molar-refractivity contribution is 6.07. The average molecular weight is 367 g/mol. The van der Waals surface area contributed by atoms with E-state index in [-0.39, 0.29) is 10.6 Å². The highest BCUT2D eigenvalue weighted by Crippen LogP contribution is 2.37. The summed E-state index contributed by atoms with van der Waals surface area (Å²) in [7, 11) is 0. The van der Waals surface area contributed by atoms with E-state index in [0.29, 0.717) is 12.0 Å². The number of benzene rings is 1. The van der Waals surface area contributed by atoms with Gasteiger partial charge in [0.1, 0.15) is 0 Å². The van der Waals surface area contributed by atoms with Crippen molar-refractivity contribution in [3.63, 3.8) is 0 Å². The third kappa shape index (κ3) is 3.11. The van der Waals surface area contributed by atoms with Crippen LogP contribution in [-0.2, 0) is 0 Å². The molecule has 0 aliphatic heterocycles. The molecule has 0 radical (unpaired) electrons. The zero-order valence-electron chi connectivity index (χ0n) is 15.8. The van der Waals surface area contributed by atoms with Crippen molar-refractivity contribution in [2.75, 3.05) is 11.9 Å². The van der Waals surface area contributed by atoms with Crippen LogP contribution in [0, 0.1) is 16.0 Å². The Kier molecular flexibility index (Phi) is 4.68. The van der Waals surface area contributed by atoms with E-state index in [1.54, 1.807) is 12.1 Å². The summed E-state index contributed by atoms with van der Waals surface area (Å²) >= 11 is 0. The van der Waals surface area contributed by atoms with Crippen LogP contribution in [0.25, 0.3) is 21.9 Å². The number of non-ortho nitro benzene ring substituents is 1. The number of fused-ring (bicyclic) bond motifs is 2. The maximum Gasteiger partial charge on any atom is 0.270 e. The van der Waals surface area contributed by atoms with Crippen molar-refractivity contribution < 1.29 is 4.92 Å². The van der Waals surface area contributed by atoms with Crippen molar-refractivity contribution in [2.24, 2.45) is 5.92 Å². The molecule has 0 bridgehead atoms. The van der Waals surface area contributed by atoms with E-state index in [0.717, 1.165) is 34.2 Å². The molecule has 0 saturated heterocycles. The lowest BCUT2D eigenvalue weighted by Gasteiger charge is -2.28. The Morgan fingerprint density at radius 3 is 2.78 bits per heavy atom. The minimum absolute atomic E-state index is 0.0748. The summed E-state index contributed by atoms with van der Waals surface area (Å²) < 4.78 is 2.05. The second-order valence-corrected chi connectivity index (χ2v) is 7.44. The molecule has 4 rings (SSSR count). The highest BCUT2D eigenvalue weighted by Gasteiger charge is 2.25. The largest absolute Gasteiger partial charge is 0.384 e. The molecule has 7 nitrogen and oxygen atoms in total. The van der Waals surface area contributed by atoms with Crippen molar-refractivity contribution in [1.82, 2.24) is 14.8 Å². The Bertz CT molecular complexity index is 991. The number of nitrogens with zero attached hydrogens (tertiary/aromatic N) is 4. The summed E-state index contributed by atoms with van der Waals surface area (Å²) in [5.74, 6) is 0.624. The molecule has 1 aliphatic carbocycles. The lowest BCUT2D eigenvalue weighted by molar-refractivity contribution is -0.384. The van der Waals surface area contributed by atoms with Gasteiger partial charge in [-0.25, -0.2) is 9.67 Å². The molecule has 1 saturated carbocycles. The fraction of sp³-hybridized carbons (Fsp3) is 0.500. The van der Waals surface area contributed by atoms with E-state index in [1.165, 1.54) is 38.2 Å². The Morgan fingerprint density at radius 2 is 2.07 bits per heavy atom. The van der Waals surface area contributed by atoms with Gasteiger partial charge in [-0.05, 0) is 38.7 Å². The third-order valence-corrected chi connectivity index (χ3v) is 5.80. The van der Waals surface area contributed by atoms with E-state index in [1.807, 2.05) is 17.8 Å². The number of hydrogen-bond acceptors (Lipinski definition) is 5. The molecule has 2 aromatic heterocycles. The molecule has 0 amide bonds. The van der Waals surface area contributed by atoms with E-state index < -0.39 is 0 Å². The number of rotatable bonds is 5. The van der Waals surface area contributed by atoms with E-state index in [9.17, 15) is 10.1 Å².